The van der Waals surface area contributed by atoms with Gasteiger partial charge < -0.3 is 10.1 Å². The number of aryl methyl sites for hydroxylation is 1. The fourth-order valence-electron chi connectivity index (χ4n) is 1.90. The van der Waals surface area contributed by atoms with Crippen LogP contribution in [0.1, 0.15) is 13.3 Å². The molecule has 8 heteroatoms. The maximum atomic E-state index is 11.8. The summed E-state index contributed by atoms with van der Waals surface area (Å²) in [4.78, 5) is 21.8. The second-order valence-corrected chi connectivity index (χ2v) is 5.01. The van der Waals surface area contributed by atoms with Crippen LogP contribution in [0.4, 0.5) is 5.69 Å². The van der Waals surface area contributed by atoms with Crippen LogP contribution in [0.5, 0.6) is 5.75 Å². The van der Waals surface area contributed by atoms with E-state index in [1.807, 2.05) is 37.3 Å². The molecule has 0 aliphatic heterocycles. The van der Waals surface area contributed by atoms with Crippen LogP contribution >= 0.6 is 0 Å². The highest BCUT2D eigenvalue weighted by molar-refractivity contribution is 5.75. The average Bonchev–Trinajstić information content (AvgIpc) is 3.01. The van der Waals surface area contributed by atoms with Crippen molar-refractivity contribution < 1.29 is 14.5 Å². The Hall–Kier alpha value is -2.90. The minimum absolute atomic E-state index is 0.0877. The summed E-state index contributed by atoms with van der Waals surface area (Å²) < 4.78 is 7.03. The van der Waals surface area contributed by atoms with Gasteiger partial charge >= 0.3 is 5.69 Å². The average molecular weight is 318 g/mol. The van der Waals surface area contributed by atoms with Crippen molar-refractivity contribution in [1.29, 1.82) is 0 Å². The van der Waals surface area contributed by atoms with Crippen LogP contribution in [0, 0.1) is 10.1 Å². The van der Waals surface area contributed by atoms with Crippen molar-refractivity contribution in [1.82, 2.24) is 15.1 Å². The second-order valence-electron chi connectivity index (χ2n) is 5.01. The topological polar surface area (TPSA) is 99.3 Å². The zero-order valence-corrected chi connectivity index (χ0v) is 12.7. The molecule has 0 bridgehead atoms. The van der Waals surface area contributed by atoms with Gasteiger partial charge in [0.15, 0.2) is 0 Å². The van der Waals surface area contributed by atoms with E-state index in [0.29, 0.717) is 6.54 Å². The molecule has 0 saturated heterocycles. The van der Waals surface area contributed by atoms with Gasteiger partial charge in [0.05, 0.1) is 11.5 Å². The molecule has 1 aromatic heterocycles. The first-order chi connectivity index (χ1) is 11.0. The Morgan fingerprint density at radius 3 is 2.83 bits per heavy atom. The number of carbonyl (C=O) groups excluding carboxylic acids is 1. The van der Waals surface area contributed by atoms with Gasteiger partial charge in [0, 0.05) is 13.0 Å². The van der Waals surface area contributed by atoms with E-state index in [1.165, 1.54) is 10.9 Å². The number of rotatable bonds is 8. The molecule has 2 rings (SSSR count). The van der Waals surface area contributed by atoms with Gasteiger partial charge in [-0.1, -0.05) is 18.2 Å². The fraction of sp³-hybridized carbons (Fsp3) is 0.333. The summed E-state index contributed by atoms with van der Waals surface area (Å²) in [5.41, 5.74) is -0.0877. The summed E-state index contributed by atoms with van der Waals surface area (Å²) in [5, 5.41) is 17.1. The van der Waals surface area contributed by atoms with Crippen molar-refractivity contribution >= 4 is 11.6 Å². The number of hydrogen-bond acceptors (Lipinski definition) is 5. The quantitative estimate of drug-likeness (QED) is 0.590. The number of hydrogen-bond donors (Lipinski definition) is 1. The Balaban J connectivity index is 1.69. The highest BCUT2D eigenvalue weighted by atomic mass is 16.6. The van der Waals surface area contributed by atoms with Crippen LogP contribution in [0.2, 0.25) is 0 Å². The lowest BCUT2D eigenvalue weighted by molar-refractivity contribution is -0.385. The molecule has 0 aliphatic carbocycles. The van der Waals surface area contributed by atoms with E-state index in [0.717, 1.165) is 11.9 Å². The van der Waals surface area contributed by atoms with E-state index in [1.54, 1.807) is 0 Å². The van der Waals surface area contributed by atoms with Crippen molar-refractivity contribution in [2.45, 2.75) is 26.0 Å². The van der Waals surface area contributed by atoms with E-state index in [-0.39, 0.29) is 30.7 Å². The predicted molar refractivity (Wildman–Crippen MR) is 83.0 cm³/mol. The maximum absolute atomic E-state index is 11.8. The smallest absolute Gasteiger partial charge is 0.306 e. The number of amides is 1. The van der Waals surface area contributed by atoms with E-state index >= 15 is 0 Å². The summed E-state index contributed by atoms with van der Waals surface area (Å²) in [6, 6.07) is 9.36. The molecule has 122 valence electrons. The molecule has 8 nitrogen and oxygen atoms in total. The van der Waals surface area contributed by atoms with Gasteiger partial charge in [-0.15, -0.1) is 0 Å². The molecule has 0 spiro atoms. The van der Waals surface area contributed by atoms with Gasteiger partial charge in [0.2, 0.25) is 5.91 Å². The summed E-state index contributed by atoms with van der Waals surface area (Å²) in [7, 11) is 0. The number of ether oxygens (including phenoxy) is 1. The highest BCUT2D eigenvalue weighted by Gasteiger charge is 2.10. The molecule has 0 radical (unpaired) electrons. The summed E-state index contributed by atoms with van der Waals surface area (Å²) >= 11 is 0. The van der Waals surface area contributed by atoms with E-state index in [2.05, 4.69) is 10.4 Å². The van der Waals surface area contributed by atoms with Crippen LogP contribution < -0.4 is 10.1 Å². The van der Waals surface area contributed by atoms with E-state index in [4.69, 9.17) is 4.74 Å². The molecule has 0 fully saturated rings. The lowest BCUT2D eigenvalue weighted by atomic mass is 10.3. The van der Waals surface area contributed by atoms with Gasteiger partial charge in [-0.2, -0.15) is 5.10 Å². The number of carbonyl (C=O) groups is 1. The minimum Gasteiger partial charge on any atom is -0.489 e. The van der Waals surface area contributed by atoms with Crippen LogP contribution in [-0.2, 0) is 11.3 Å². The summed E-state index contributed by atoms with van der Waals surface area (Å²) in [5.74, 6) is 0.588. The van der Waals surface area contributed by atoms with Gasteiger partial charge in [0.1, 0.15) is 24.2 Å². The number of nitrogens with zero attached hydrogens (tertiary/aromatic N) is 3. The summed E-state index contributed by atoms with van der Waals surface area (Å²) in [6.45, 7) is 2.53. The Morgan fingerprint density at radius 1 is 1.43 bits per heavy atom. The van der Waals surface area contributed by atoms with Gasteiger partial charge in [-0.25, -0.2) is 0 Å². The molecule has 0 aliphatic rings. The van der Waals surface area contributed by atoms with Gasteiger partial charge in [0.25, 0.3) is 0 Å². The lowest BCUT2D eigenvalue weighted by Gasteiger charge is -2.15. The monoisotopic (exact) mass is 318 g/mol. The zero-order chi connectivity index (χ0) is 16.7. The van der Waals surface area contributed by atoms with Crippen LogP contribution in [0.15, 0.2) is 42.7 Å². The fourth-order valence-corrected chi connectivity index (χ4v) is 1.90. The van der Waals surface area contributed by atoms with Crippen LogP contribution in [0.25, 0.3) is 0 Å². The first kappa shape index (κ1) is 16.5. The SMILES string of the molecule is CC(CNC(=O)CCn1cc([N+](=O)[O-])cn1)Oc1ccccc1. The molecular weight excluding hydrogens is 300 g/mol. The van der Waals surface area contributed by atoms with Crippen molar-refractivity contribution in [3.63, 3.8) is 0 Å². The number of nitro groups is 1. The Morgan fingerprint density at radius 2 is 2.17 bits per heavy atom. The molecular formula is C15H18N4O4. The summed E-state index contributed by atoms with van der Waals surface area (Å²) in [6.07, 6.45) is 2.49. The first-order valence-electron chi connectivity index (χ1n) is 7.20. The predicted octanol–water partition coefficient (Wildman–Crippen LogP) is 1.77. The van der Waals surface area contributed by atoms with Crippen LogP contribution in [-0.4, -0.2) is 33.3 Å². The molecule has 1 amide bonds. The van der Waals surface area contributed by atoms with Crippen molar-refractivity contribution in [2.75, 3.05) is 6.54 Å². The second kappa shape index (κ2) is 7.92. The molecule has 1 heterocycles. The number of aromatic nitrogens is 2. The minimum atomic E-state index is -0.522. The van der Waals surface area contributed by atoms with Gasteiger partial charge in [-0.3, -0.25) is 19.6 Å². The Bertz CT molecular complexity index is 657. The standard InChI is InChI=1S/C15H18N4O4/c1-12(23-14-5-3-2-4-6-14)9-16-15(20)7-8-18-11-13(10-17-18)19(21)22/h2-6,10-12H,7-9H2,1H3,(H,16,20). The molecule has 1 aromatic carbocycles. The zero-order valence-electron chi connectivity index (χ0n) is 12.7. The Labute approximate surface area is 133 Å². The molecule has 1 unspecified atom stereocenters. The largest absolute Gasteiger partial charge is 0.489 e. The molecule has 1 atom stereocenters. The third-order valence-electron chi connectivity index (χ3n) is 3.07. The maximum Gasteiger partial charge on any atom is 0.306 e. The molecule has 0 saturated carbocycles. The third kappa shape index (κ3) is 5.42. The van der Waals surface area contributed by atoms with Crippen molar-refractivity contribution in [2.24, 2.45) is 0 Å². The third-order valence-corrected chi connectivity index (χ3v) is 3.07. The number of para-hydroxylation sites is 1. The normalized spacial score (nSPS) is 11.7. The van der Waals surface area contributed by atoms with Crippen LogP contribution in [0.3, 0.4) is 0 Å². The van der Waals surface area contributed by atoms with Crippen molar-refractivity contribution in [3.8, 4) is 5.75 Å². The lowest BCUT2D eigenvalue weighted by Crippen LogP contribution is -2.34. The molecule has 23 heavy (non-hydrogen) atoms. The van der Waals surface area contributed by atoms with E-state index in [9.17, 15) is 14.9 Å². The Kier molecular flexibility index (Phi) is 5.67. The highest BCUT2D eigenvalue weighted by Crippen LogP contribution is 2.10. The van der Waals surface area contributed by atoms with Crippen molar-refractivity contribution in [3.05, 3.63) is 52.8 Å². The molecule has 1 N–H and O–H groups in total. The number of nitrogens with one attached hydrogen (secondary N) is 1. The van der Waals surface area contributed by atoms with E-state index < -0.39 is 4.92 Å². The molecule has 2 aromatic rings. The van der Waals surface area contributed by atoms with Gasteiger partial charge in [-0.05, 0) is 19.1 Å². The first-order valence-corrected chi connectivity index (χ1v) is 7.20. The number of benzene rings is 1.